The van der Waals surface area contributed by atoms with Crippen LogP contribution in [0.5, 0.6) is 0 Å². The van der Waals surface area contributed by atoms with E-state index in [1.54, 1.807) is 6.92 Å². The molecule has 1 aromatic carbocycles. The predicted molar refractivity (Wildman–Crippen MR) is 115 cm³/mol. The zero-order valence-corrected chi connectivity index (χ0v) is 19.3. The van der Waals surface area contributed by atoms with Crippen LogP contribution in [-0.4, -0.2) is 61.7 Å². The van der Waals surface area contributed by atoms with Crippen LogP contribution in [0.3, 0.4) is 0 Å². The minimum atomic E-state index is -4.53. The van der Waals surface area contributed by atoms with Crippen molar-refractivity contribution < 1.29 is 30.8 Å². The van der Waals surface area contributed by atoms with Gasteiger partial charge in [0.1, 0.15) is 6.26 Å². The van der Waals surface area contributed by atoms with Crippen LogP contribution in [0, 0.1) is 6.92 Å². The molecule has 0 radical (unpaired) electrons. The summed E-state index contributed by atoms with van der Waals surface area (Å²) in [7, 11) is -0.217. The molecule has 1 aromatic heterocycles. The SMILES string of the molecule is Cc1ccc(C(F)(F)F)cc1Nc1nc(C(=O)NS(=O)(=O)N2CCCC(N(C)C)CC2)co1. The van der Waals surface area contributed by atoms with Crippen LogP contribution in [0.1, 0.15) is 40.9 Å². The van der Waals surface area contributed by atoms with E-state index >= 15 is 0 Å². The van der Waals surface area contributed by atoms with Gasteiger partial charge in [-0.2, -0.15) is 30.9 Å². The summed E-state index contributed by atoms with van der Waals surface area (Å²) in [4.78, 5) is 18.4. The highest BCUT2D eigenvalue weighted by atomic mass is 32.2. The number of alkyl halides is 3. The van der Waals surface area contributed by atoms with Gasteiger partial charge in [0, 0.05) is 24.8 Å². The number of aromatic nitrogens is 1. The average molecular weight is 490 g/mol. The van der Waals surface area contributed by atoms with Crippen LogP contribution < -0.4 is 10.0 Å². The second kappa shape index (κ2) is 9.69. The Morgan fingerprint density at radius 3 is 2.64 bits per heavy atom. The molecule has 1 aliphatic heterocycles. The average Bonchev–Trinajstić information content (AvgIpc) is 3.02. The molecule has 0 saturated carbocycles. The van der Waals surface area contributed by atoms with E-state index in [1.807, 2.05) is 23.7 Å². The highest BCUT2D eigenvalue weighted by Crippen LogP contribution is 2.33. The molecular formula is C20H26F3N5O4S. The van der Waals surface area contributed by atoms with Crippen molar-refractivity contribution in [3.63, 3.8) is 0 Å². The summed E-state index contributed by atoms with van der Waals surface area (Å²) in [5.74, 6) is -0.999. The van der Waals surface area contributed by atoms with Crippen molar-refractivity contribution in [3.05, 3.63) is 41.3 Å². The molecule has 0 bridgehead atoms. The van der Waals surface area contributed by atoms with E-state index in [-0.39, 0.29) is 36.5 Å². The first-order valence-electron chi connectivity index (χ1n) is 10.3. The van der Waals surface area contributed by atoms with Crippen molar-refractivity contribution in [3.8, 4) is 0 Å². The van der Waals surface area contributed by atoms with E-state index in [4.69, 9.17) is 4.42 Å². The predicted octanol–water partition coefficient (Wildman–Crippen LogP) is 3.14. The van der Waals surface area contributed by atoms with E-state index in [0.717, 1.165) is 24.8 Å². The fourth-order valence-electron chi connectivity index (χ4n) is 3.53. The molecule has 0 aliphatic carbocycles. The molecule has 1 amide bonds. The molecule has 0 spiro atoms. The van der Waals surface area contributed by atoms with Crippen molar-refractivity contribution in [2.24, 2.45) is 0 Å². The zero-order chi connectivity index (χ0) is 24.4. The monoisotopic (exact) mass is 489 g/mol. The second-order valence-electron chi connectivity index (χ2n) is 8.07. The van der Waals surface area contributed by atoms with Crippen molar-refractivity contribution in [1.29, 1.82) is 0 Å². The molecule has 1 unspecified atom stereocenters. The lowest BCUT2D eigenvalue weighted by Crippen LogP contribution is -2.44. The van der Waals surface area contributed by atoms with Crippen molar-refractivity contribution in [2.75, 3.05) is 32.5 Å². The number of hydrogen-bond acceptors (Lipinski definition) is 7. The summed E-state index contributed by atoms with van der Waals surface area (Å²) in [6, 6.07) is 3.14. The number of benzene rings is 1. The summed E-state index contributed by atoms with van der Waals surface area (Å²) >= 11 is 0. The number of hydrogen-bond donors (Lipinski definition) is 2. The number of carbonyl (C=O) groups is 1. The van der Waals surface area contributed by atoms with Gasteiger partial charge >= 0.3 is 16.4 Å². The molecule has 2 aromatic rings. The quantitative estimate of drug-likeness (QED) is 0.642. The smallest absolute Gasteiger partial charge is 0.416 e. The largest absolute Gasteiger partial charge is 0.431 e. The van der Waals surface area contributed by atoms with Crippen LogP contribution in [0.25, 0.3) is 0 Å². The van der Waals surface area contributed by atoms with Gasteiger partial charge in [0.2, 0.25) is 0 Å². The normalized spacial score (nSPS) is 18.2. The number of amides is 1. The summed E-state index contributed by atoms with van der Waals surface area (Å²) in [6.07, 6.45) is -1.45. The summed E-state index contributed by atoms with van der Waals surface area (Å²) < 4.78 is 72.5. The highest BCUT2D eigenvalue weighted by Gasteiger charge is 2.31. The first-order valence-corrected chi connectivity index (χ1v) is 11.7. The first kappa shape index (κ1) is 25.0. The zero-order valence-electron chi connectivity index (χ0n) is 18.4. The molecule has 1 atom stereocenters. The third-order valence-corrected chi connectivity index (χ3v) is 6.98. The second-order valence-corrected chi connectivity index (χ2v) is 9.74. The van der Waals surface area contributed by atoms with Crippen LogP contribution in [0.2, 0.25) is 0 Å². The maximum absolute atomic E-state index is 13.0. The fraction of sp³-hybridized carbons (Fsp3) is 0.500. The number of rotatable bonds is 6. The Morgan fingerprint density at radius 2 is 1.97 bits per heavy atom. The highest BCUT2D eigenvalue weighted by molar-refractivity contribution is 7.87. The summed E-state index contributed by atoms with van der Waals surface area (Å²) in [5.41, 5.74) is -0.606. The van der Waals surface area contributed by atoms with Crippen molar-refractivity contribution in [1.82, 2.24) is 18.9 Å². The molecule has 9 nitrogen and oxygen atoms in total. The van der Waals surface area contributed by atoms with Crippen LogP contribution >= 0.6 is 0 Å². The molecule has 2 N–H and O–H groups in total. The summed E-state index contributed by atoms with van der Waals surface area (Å²) in [6.45, 7) is 2.15. The molecule has 2 heterocycles. The Hall–Kier alpha value is -2.64. The Labute approximate surface area is 190 Å². The van der Waals surface area contributed by atoms with E-state index in [2.05, 4.69) is 10.3 Å². The minimum Gasteiger partial charge on any atom is -0.431 e. The molecule has 33 heavy (non-hydrogen) atoms. The lowest BCUT2D eigenvalue weighted by Gasteiger charge is -2.23. The topological polar surface area (TPSA) is 108 Å². The third kappa shape index (κ3) is 6.24. The van der Waals surface area contributed by atoms with E-state index in [1.165, 1.54) is 10.4 Å². The van der Waals surface area contributed by atoms with Crippen LogP contribution in [0.4, 0.5) is 24.9 Å². The van der Waals surface area contributed by atoms with E-state index in [9.17, 15) is 26.4 Å². The van der Waals surface area contributed by atoms with Crippen molar-refractivity contribution >= 4 is 27.8 Å². The van der Waals surface area contributed by atoms with Gasteiger partial charge in [-0.1, -0.05) is 6.07 Å². The molecule has 1 aliphatic rings. The molecule has 13 heteroatoms. The lowest BCUT2D eigenvalue weighted by atomic mass is 10.1. The van der Waals surface area contributed by atoms with Crippen LogP contribution in [0.15, 0.2) is 28.9 Å². The Kier molecular flexibility index (Phi) is 7.34. The number of carbonyl (C=O) groups excluding carboxylic acids is 1. The van der Waals surface area contributed by atoms with Gasteiger partial charge in [0.15, 0.2) is 5.69 Å². The standard InChI is InChI=1S/C20H26F3N5O4S/c1-13-6-7-14(20(21,22)23)11-16(13)24-19-25-17(12-32-19)18(29)26-33(30,31)28-9-4-5-15(8-10-28)27(2)3/h6-7,11-12,15H,4-5,8-10H2,1-3H3,(H,24,25)(H,26,29). The van der Waals surface area contributed by atoms with E-state index in [0.29, 0.717) is 18.4 Å². The minimum absolute atomic E-state index is 0.0891. The van der Waals surface area contributed by atoms with E-state index < -0.39 is 27.9 Å². The lowest BCUT2D eigenvalue weighted by molar-refractivity contribution is -0.137. The number of nitrogens with zero attached hydrogens (tertiary/aromatic N) is 3. The van der Waals surface area contributed by atoms with Gasteiger partial charge < -0.3 is 14.6 Å². The number of oxazole rings is 1. The number of nitrogens with one attached hydrogen (secondary N) is 2. The Morgan fingerprint density at radius 1 is 1.24 bits per heavy atom. The third-order valence-electron chi connectivity index (χ3n) is 5.49. The number of aryl methyl sites for hydroxylation is 1. The molecule has 1 saturated heterocycles. The molecule has 1 fully saturated rings. The van der Waals surface area contributed by atoms with Gasteiger partial charge in [-0.25, -0.2) is 4.72 Å². The van der Waals surface area contributed by atoms with Crippen LogP contribution in [-0.2, 0) is 16.4 Å². The maximum atomic E-state index is 13.0. The molecule has 182 valence electrons. The number of halogens is 3. The Bertz CT molecular complexity index is 1100. The summed E-state index contributed by atoms with van der Waals surface area (Å²) in [5, 5.41) is 2.59. The number of anilines is 2. The van der Waals surface area contributed by atoms with Gasteiger partial charge in [-0.3, -0.25) is 4.79 Å². The maximum Gasteiger partial charge on any atom is 0.416 e. The van der Waals surface area contributed by atoms with Gasteiger partial charge in [-0.15, -0.1) is 0 Å². The molecule has 3 rings (SSSR count). The Balaban J connectivity index is 1.68. The van der Waals surface area contributed by atoms with Gasteiger partial charge in [0.05, 0.1) is 5.56 Å². The van der Waals surface area contributed by atoms with Gasteiger partial charge in [-0.05, 0) is 58.0 Å². The van der Waals surface area contributed by atoms with Crippen molar-refractivity contribution in [2.45, 2.75) is 38.4 Å². The first-order chi connectivity index (χ1) is 15.4. The fourth-order valence-corrected chi connectivity index (χ4v) is 4.71. The molecular weight excluding hydrogens is 463 g/mol. The van der Waals surface area contributed by atoms with Gasteiger partial charge in [0.25, 0.3) is 11.9 Å².